The Labute approximate surface area is 69.6 Å². The van der Waals surface area contributed by atoms with Crippen molar-refractivity contribution in [3.8, 4) is 0 Å². The van der Waals surface area contributed by atoms with Crippen LogP contribution in [-0.2, 0) is 4.79 Å². The van der Waals surface area contributed by atoms with Crippen LogP contribution < -0.4 is 5.32 Å². The maximum Gasteiger partial charge on any atom is 0.329 e. The molecule has 0 fully saturated rings. The van der Waals surface area contributed by atoms with Gasteiger partial charge >= 0.3 is 5.97 Å². The van der Waals surface area contributed by atoms with Gasteiger partial charge in [-0.1, -0.05) is 6.07 Å². The highest BCUT2D eigenvalue weighted by Crippen LogP contribution is 1.98. The van der Waals surface area contributed by atoms with E-state index in [2.05, 4.69) is 10.3 Å². The van der Waals surface area contributed by atoms with E-state index in [-0.39, 0.29) is 0 Å². The van der Waals surface area contributed by atoms with Gasteiger partial charge in [-0.2, -0.15) is 0 Å². The van der Waals surface area contributed by atoms with Crippen molar-refractivity contribution in [2.24, 2.45) is 0 Å². The molecule has 0 amide bonds. The Bertz CT molecular complexity index is 282. The zero-order chi connectivity index (χ0) is 8.81. The van der Waals surface area contributed by atoms with Gasteiger partial charge in [0.15, 0.2) is 0 Å². The van der Waals surface area contributed by atoms with Crippen molar-refractivity contribution in [2.75, 3.05) is 5.32 Å². The van der Waals surface area contributed by atoms with E-state index in [4.69, 9.17) is 5.11 Å². The van der Waals surface area contributed by atoms with Crippen LogP contribution in [0.5, 0.6) is 0 Å². The lowest BCUT2D eigenvalue weighted by molar-refractivity contribution is -0.131. The molecule has 0 saturated carbocycles. The Morgan fingerprint density at radius 1 is 1.58 bits per heavy atom. The molecule has 0 bridgehead atoms. The lowest BCUT2D eigenvalue weighted by Gasteiger charge is -1.95. The maximum absolute atomic E-state index is 10.0. The van der Waals surface area contributed by atoms with Gasteiger partial charge in [0.05, 0.1) is 0 Å². The molecule has 0 unspecified atom stereocenters. The first-order valence-electron chi connectivity index (χ1n) is 3.36. The van der Waals surface area contributed by atoms with Crippen LogP contribution in [0.1, 0.15) is 0 Å². The Kier molecular flexibility index (Phi) is 2.84. The fourth-order valence-corrected chi connectivity index (χ4v) is 0.646. The molecule has 0 saturated heterocycles. The summed E-state index contributed by atoms with van der Waals surface area (Å²) in [5.74, 6) is -0.367. The summed E-state index contributed by atoms with van der Waals surface area (Å²) in [4.78, 5) is 14.0. The smallest absolute Gasteiger partial charge is 0.329 e. The van der Waals surface area contributed by atoms with Crippen molar-refractivity contribution in [3.63, 3.8) is 0 Å². The highest BCUT2D eigenvalue weighted by atomic mass is 16.4. The number of hydrogen-bond donors (Lipinski definition) is 2. The van der Waals surface area contributed by atoms with Crippen molar-refractivity contribution in [3.05, 3.63) is 36.7 Å². The third-order valence-corrected chi connectivity index (χ3v) is 1.12. The molecule has 0 radical (unpaired) electrons. The van der Waals surface area contributed by atoms with Gasteiger partial charge in [-0.3, -0.25) is 0 Å². The van der Waals surface area contributed by atoms with E-state index >= 15 is 0 Å². The summed E-state index contributed by atoms with van der Waals surface area (Å²) in [5, 5.41) is 10.9. The van der Waals surface area contributed by atoms with Crippen molar-refractivity contribution in [2.45, 2.75) is 0 Å². The standard InChI is InChI=1S/C8H8N2O2/c11-8(12)4-6-10-7-3-1-2-5-9-7/h1-6H,(H,9,10)(H,11,12). The zero-order valence-corrected chi connectivity index (χ0v) is 6.27. The molecule has 62 valence electrons. The highest BCUT2D eigenvalue weighted by molar-refractivity contribution is 5.80. The minimum absolute atomic E-state index is 0.620. The average Bonchev–Trinajstić information content (AvgIpc) is 2.05. The lowest BCUT2D eigenvalue weighted by atomic mass is 10.5. The summed E-state index contributed by atoms with van der Waals surface area (Å²) in [6.07, 6.45) is 3.95. The fraction of sp³-hybridized carbons (Fsp3) is 0. The van der Waals surface area contributed by atoms with Crippen LogP contribution in [0.2, 0.25) is 0 Å². The third kappa shape index (κ3) is 2.83. The highest BCUT2D eigenvalue weighted by Gasteiger charge is 1.86. The normalized spacial score (nSPS) is 10.0. The SMILES string of the molecule is O=C(O)C=CNc1ccccn1. The molecule has 0 aromatic carbocycles. The molecular weight excluding hydrogens is 156 g/mol. The van der Waals surface area contributed by atoms with Gasteiger partial charge < -0.3 is 10.4 Å². The molecular formula is C8H8N2O2. The number of nitrogens with one attached hydrogen (secondary N) is 1. The predicted octanol–water partition coefficient (Wildman–Crippen LogP) is 1.09. The summed E-state index contributed by atoms with van der Waals surface area (Å²) in [6.45, 7) is 0. The number of carboxylic acids is 1. The van der Waals surface area contributed by atoms with Gasteiger partial charge in [-0.15, -0.1) is 0 Å². The number of pyridine rings is 1. The summed E-state index contributed by atoms with van der Waals surface area (Å²) in [6, 6.07) is 5.34. The number of aromatic nitrogens is 1. The number of aliphatic carboxylic acids is 1. The second kappa shape index (κ2) is 4.12. The minimum Gasteiger partial charge on any atom is -0.478 e. The summed E-state index contributed by atoms with van der Waals surface area (Å²) >= 11 is 0. The average molecular weight is 164 g/mol. The van der Waals surface area contributed by atoms with Gasteiger partial charge in [0.2, 0.25) is 0 Å². The molecule has 0 aliphatic rings. The van der Waals surface area contributed by atoms with Crippen LogP contribution in [-0.4, -0.2) is 16.1 Å². The second-order valence-electron chi connectivity index (χ2n) is 2.03. The summed E-state index contributed by atoms with van der Waals surface area (Å²) < 4.78 is 0. The van der Waals surface area contributed by atoms with E-state index in [0.717, 1.165) is 6.08 Å². The molecule has 0 atom stereocenters. The zero-order valence-electron chi connectivity index (χ0n) is 6.27. The molecule has 1 aromatic rings. The molecule has 0 aliphatic carbocycles. The van der Waals surface area contributed by atoms with Crippen molar-refractivity contribution in [1.29, 1.82) is 0 Å². The van der Waals surface area contributed by atoms with Crippen LogP contribution >= 0.6 is 0 Å². The van der Waals surface area contributed by atoms with Crippen LogP contribution in [0.25, 0.3) is 0 Å². The number of hydrogen-bond acceptors (Lipinski definition) is 3. The Balaban J connectivity index is 2.49. The molecule has 12 heavy (non-hydrogen) atoms. The van der Waals surface area contributed by atoms with E-state index in [1.807, 2.05) is 6.07 Å². The topological polar surface area (TPSA) is 62.2 Å². The first-order valence-corrected chi connectivity index (χ1v) is 3.36. The molecule has 1 aromatic heterocycles. The van der Waals surface area contributed by atoms with E-state index in [1.165, 1.54) is 6.20 Å². The minimum atomic E-state index is -0.988. The molecule has 4 heteroatoms. The van der Waals surface area contributed by atoms with Gasteiger partial charge in [-0.25, -0.2) is 9.78 Å². The Morgan fingerprint density at radius 3 is 3.00 bits per heavy atom. The monoisotopic (exact) mass is 164 g/mol. The van der Waals surface area contributed by atoms with Crippen LogP contribution in [0.3, 0.4) is 0 Å². The number of nitrogens with zero attached hydrogens (tertiary/aromatic N) is 1. The van der Waals surface area contributed by atoms with E-state index < -0.39 is 5.97 Å². The van der Waals surface area contributed by atoms with Crippen LogP contribution in [0.15, 0.2) is 36.7 Å². The number of rotatable bonds is 3. The Hall–Kier alpha value is -1.84. The molecule has 2 N–H and O–H groups in total. The molecule has 1 rings (SSSR count). The summed E-state index contributed by atoms with van der Waals surface area (Å²) in [5.41, 5.74) is 0. The third-order valence-electron chi connectivity index (χ3n) is 1.12. The van der Waals surface area contributed by atoms with E-state index in [1.54, 1.807) is 18.3 Å². The first kappa shape index (κ1) is 8.26. The second-order valence-corrected chi connectivity index (χ2v) is 2.03. The van der Waals surface area contributed by atoms with Gasteiger partial charge in [0, 0.05) is 18.5 Å². The number of carboxylic acid groups (broad SMARTS) is 1. The van der Waals surface area contributed by atoms with E-state index in [9.17, 15) is 4.79 Å². The predicted molar refractivity (Wildman–Crippen MR) is 44.6 cm³/mol. The van der Waals surface area contributed by atoms with Crippen molar-refractivity contribution >= 4 is 11.8 Å². The number of anilines is 1. The van der Waals surface area contributed by atoms with Crippen LogP contribution in [0, 0.1) is 0 Å². The van der Waals surface area contributed by atoms with Gasteiger partial charge in [0.25, 0.3) is 0 Å². The van der Waals surface area contributed by atoms with Crippen molar-refractivity contribution in [1.82, 2.24) is 4.98 Å². The quantitative estimate of drug-likeness (QED) is 0.656. The van der Waals surface area contributed by atoms with E-state index in [0.29, 0.717) is 5.82 Å². The first-order chi connectivity index (χ1) is 5.79. The molecule has 0 spiro atoms. The molecule has 0 aliphatic heterocycles. The molecule has 4 nitrogen and oxygen atoms in total. The maximum atomic E-state index is 10.0. The largest absolute Gasteiger partial charge is 0.478 e. The lowest BCUT2D eigenvalue weighted by Crippen LogP contribution is -1.93. The molecule has 1 heterocycles. The number of carbonyl (C=O) groups is 1. The van der Waals surface area contributed by atoms with Gasteiger partial charge in [0.1, 0.15) is 5.82 Å². The fourth-order valence-electron chi connectivity index (χ4n) is 0.646. The Morgan fingerprint density at radius 2 is 2.42 bits per heavy atom. The van der Waals surface area contributed by atoms with Crippen molar-refractivity contribution < 1.29 is 9.90 Å². The van der Waals surface area contributed by atoms with Gasteiger partial charge in [-0.05, 0) is 12.1 Å². The summed E-state index contributed by atoms with van der Waals surface area (Å²) in [7, 11) is 0. The van der Waals surface area contributed by atoms with Crippen LogP contribution in [0.4, 0.5) is 5.82 Å².